The molecule has 1 saturated heterocycles. The van der Waals surface area contributed by atoms with E-state index in [-0.39, 0.29) is 0 Å². The summed E-state index contributed by atoms with van der Waals surface area (Å²) in [5.74, 6) is 0.584. The Morgan fingerprint density at radius 2 is 2.44 bits per heavy atom. The zero-order valence-electron chi connectivity index (χ0n) is 9.61. The fraction of sp³-hybridized carbons (Fsp3) is 0.462. The maximum absolute atomic E-state index is 4.58. The second kappa shape index (κ2) is 3.91. The summed E-state index contributed by atoms with van der Waals surface area (Å²) < 4.78 is 2.12. The number of hydrogen-bond donors (Lipinski definition) is 1. The molecule has 1 atom stereocenters. The van der Waals surface area contributed by atoms with Crippen molar-refractivity contribution >= 4 is 5.52 Å². The third-order valence-electron chi connectivity index (χ3n) is 3.41. The number of rotatable bonds is 1. The van der Waals surface area contributed by atoms with Crippen LogP contribution in [0.15, 0.2) is 24.7 Å². The molecule has 3 rings (SSSR count). The highest BCUT2D eigenvalue weighted by Gasteiger charge is 2.19. The van der Waals surface area contributed by atoms with E-state index in [9.17, 15) is 0 Å². The number of pyridine rings is 1. The Kier molecular flexibility index (Phi) is 2.40. The summed E-state index contributed by atoms with van der Waals surface area (Å²) in [7, 11) is 0. The van der Waals surface area contributed by atoms with Crippen LogP contribution in [0.2, 0.25) is 0 Å². The maximum Gasteiger partial charge on any atom is 0.0995 e. The van der Waals surface area contributed by atoms with Gasteiger partial charge in [0.25, 0.3) is 0 Å². The van der Waals surface area contributed by atoms with Crippen LogP contribution in [0.4, 0.5) is 0 Å². The van der Waals surface area contributed by atoms with Gasteiger partial charge in [0.2, 0.25) is 0 Å². The smallest absolute Gasteiger partial charge is 0.0995 e. The molecule has 0 bridgehead atoms. The normalized spacial score (nSPS) is 21.4. The first-order valence-corrected chi connectivity index (χ1v) is 5.98. The molecule has 0 amide bonds. The highest BCUT2D eigenvalue weighted by atomic mass is 15.0. The van der Waals surface area contributed by atoms with Crippen LogP contribution in [0, 0.1) is 6.92 Å². The Morgan fingerprint density at radius 3 is 3.25 bits per heavy atom. The van der Waals surface area contributed by atoms with Gasteiger partial charge < -0.3 is 9.72 Å². The minimum Gasteiger partial charge on any atom is -0.316 e. The van der Waals surface area contributed by atoms with Crippen LogP contribution in [-0.4, -0.2) is 22.5 Å². The van der Waals surface area contributed by atoms with Gasteiger partial charge >= 0.3 is 0 Å². The second-order valence-corrected chi connectivity index (χ2v) is 4.67. The molecule has 1 aliphatic rings. The first kappa shape index (κ1) is 9.85. The number of aromatic nitrogens is 2. The van der Waals surface area contributed by atoms with Crippen molar-refractivity contribution in [2.24, 2.45) is 0 Å². The molecular weight excluding hydrogens is 198 g/mol. The third-order valence-corrected chi connectivity index (χ3v) is 3.41. The fourth-order valence-electron chi connectivity index (χ4n) is 2.51. The quantitative estimate of drug-likeness (QED) is 0.789. The van der Waals surface area contributed by atoms with Crippen LogP contribution in [0.1, 0.15) is 30.0 Å². The number of aryl methyl sites for hydroxylation is 1. The molecule has 0 saturated carbocycles. The molecule has 84 valence electrons. The SMILES string of the molecule is Cc1ccn2cnc(C3CCCNC3)c2c1. The van der Waals surface area contributed by atoms with E-state index in [0.717, 1.165) is 13.1 Å². The number of imidazole rings is 1. The topological polar surface area (TPSA) is 29.3 Å². The number of fused-ring (bicyclic) bond motifs is 1. The van der Waals surface area contributed by atoms with Gasteiger partial charge in [-0.1, -0.05) is 0 Å². The fourth-order valence-corrected chi connectivity index (χ4v) is 2.51. The van der Waals surface area contributed by atoms with E-state index in [1.54, 1.807) is 0 Å². The zero-order valence-corrected chi connectivity index (χ0v) is 9.61. The van der Waals surface area contributed by atoms with Gasteiger partial charge in [0, 0.05) is 18.7 Å². The number of piperidine rings is 1. The van der Waals surface area contributed by atoms with E-state index in [4.69, 9.17) is 0 Å². The Hall–Kier alpha value is -1.35. The van der Waals surface area contributed by atoms with E-state index in [1.807, 2.05) is 6.33 Å². The van der Waals surface area contributed by atoms with Gasteiger partial charge in [0.15, 0.2) is 0 Å². The maximum atomic E-state index is 4.58. The van der Waals surface area contributed by atoms with Crippen LogP contribution in [0.3, 0.4) is 0 Å². The number of hydrogen-bond acceptors (Lipinski definition) is 2. The average Bonchev–Trinajstić information content (AvgIpc) is 2.73. The van der Waals surface area contributed by atoms with Crippen molar-refractivity contribution in [1.29, 1.82) is 0 Å². The van der Waals surface area contributed by atoms with Crippen molar-refractivity contribution in [2.45, 2.75) is 25.7 Å². The molecule has 2 aromatic rings. The van der Waals surface area contributed by atoms with Crippen molar-refractivity contribution in [1.82, 2.24) is 14.7 Å². The van der Waals surface area contributed by atoms with Crippen LogP contribution in [0.5, 0.6) is 0 Å². The van der Waals surface area contributed by atoms with Crippen LogP contribution >= 0.6 is 0 Å². The lowest BCUT2D eigenvalue weighted by atomic mass is 9.95. The summed E-state index contributed by atoms with van der Waals surface area (Å²) in [6, 6.07) is 4.36. The predicted octanol–water partition coefficient (Wildman–Crippen LogP) is 2.11. The summed E-state index contributed by atoms with van der Waals surface area (Å²) in [5.41, 5.74) is 3.84. The van der Waals surface area contributed by atoms with Crippen molar-refractivity contribution in [2.75, 3.05) is 13.1 Å². The molecule has 3 nitrogen and oxygen atoms in total. The average molecular weight is 215 g/mol. The van der Waals surface area contributed by atoms with Gasteiger partial charge in [-0.25, -0.2) is 4.98 Å². The Morgan fingerprint density at radius 1 is 1.50 bits per heavy atom. The molecule has 1 unspecified atom stereocenters. The molecule has 0 spiro atoms. The summed E-state index contributed by atoms with van der Waals surface area (Å²) in [4.78, 5) is 4.58. The predicted molar refractivity (Wildman–Crippen MR) is 64.8 cm³/mol. The van der Waals surface area contributed by atoms with Gasteiger partial charge in [-0.2, -0.15) is 0 Å². The van der Waals surface area contributed by atoms with E-state index >= 15 is 0 Å². The molecule has 1 N–H and O–H groups in total. The highest BCUT2D eigenvalue weighted by molar-refractivity contribution is 5.55. The largest absolute Gasteiger partial charge is 0.316 e. The van der Waals surface area contributed by atoms with Gasteiger partial charge in [0.05, 0.1) is 17.5 Å². The molecule has 16 heavy (non-hydrogen) atoms. The first-order valence-electron chi connectivity index (χ1n) is 5.98. The first-order chi connectivity index (χ1) is 7.84. The third kappa shape index (κ3) is 1.61. The van der Waals surface area contributed by atoms with E-state index in [1.165, 1.54) is 29.6 Å². The lowest BCUT2D eigenvalue weighted by Crippen LogP contribution is -2.28. The van der Waals surface area contributed by atoms with Crippen LogP contribution < -0.4 is 5.32 Å². The molecule has 3 heterocycles. The summed E-state index contributed by atoms with van der Waals surface area (Å²) >= 11 is 0. The standard InChI is InChI=1S/C13H17N3/c1-10-4-6-16-9-15-13(12(16)7-10)11-3-2-5-14-8-11/h4,6-7,9,11,14H,2-3,5,8H2,1H3. The molecule has 2 aromatic heterocycles. The van der Waals surface area contributed by atoms with E-state index in [0.29, 0.717) is 5.92 Å². The molecule has 0 aromatic carbocycles. The Bertz CT molecular complexity index is 495. The zero-order chi connectivity index (χ0) is 11.0. The lowest BCUT2D eigenvalue weighted by Gasteiger charge is -2.21. The van der Waals surface area contributed by atoms with Crippen molar-refractivity contribution in [3.8, 4) is 0 Å². The van der Waals surface area contributed by atoms with Gasteiger partial charge in [-0.15, -0.1) is 0 Å². The number of nitrogens with zero attached hydrogens (tertiary/aromatic N) is 2. The van der Waals surface area contributed by atoms with Crippen molar-refractivity contribution < 1.29 is 0 Å². The molecule has 0 radical (unpaired) electrons. The summed E-state index contributed by atoms with van der Waals surface area (Å²) in [5, 5.41) is 3.45. The van der Waals surface area contributed by atoms with Gasteiger partial charge in [-0.05, 0) is 44.0 Å². The number of nitrogens with one attached hydrogen (secondary N) is 1. The van der Waals surface area contributed by atoms with Crippen molar-refractivity contribution in [3.05, 3.63) is 35.9 Å². The Labute approximate surface area is 95.5 Å². The molecule has 3 heteroatoms. The van der Waals surface area contributed by atoms with Crippen molar-refractivity contribution in [3.63, 3.8) is 0 Å². The molecule has 0 aliphatic carbocycles. The molecular formula is C13H17N3. The molecule has 1 aliphatic heterocycles. The summed E-state index contributed by atoms with van der Waals surface area (Å²) in [6.07, 6.45) is 6.54. The minimum absolute atomic E-state index is 0.584. The van der Waals surface area contributed by atoms with Gasteiger partial charge in [-0.3, -0.25) is 0 Å². The lowest BCUT2D eigenvalue weighted by molar-refractivity contribution is 0.457. The highest BCUT2D eigenvalue weighted by Crippen LogP contribution is 2.25. The molecule has 1 fully saturated rings. The summed E-state index contributed by atoms with van der Waals surface area (Å²) in [6.45, 7) is 4.36. The van der Waals surface area contributed by atoms with E-state index < -0.39 is 0 Å². The monoisotopic (exact) mass is 215 g/mol. The minimum atomic E-state index is 0.584. The second-order valence-electron chi connectivity index (χ2n) is 4.67. The van der Waals surface area contributed by atoms with Crippen LogP contribution in [0.25, 0.3) is 5.52 Å². The van der Waals surface area contributed by atoms with Gasteiger partial charge in [0.1, 0.15) is 0 Å². The van der Waals surface area contributed by atoms with E-state index in [2.05, 4.69) is 40.0 Å². The van der Waals surface area contributed by atoms with Crippen LogP contribution in [-0.2, 0) is 0 Å². The Balaban J connectivity index is 2.05.